The van der Waals surface area contributed by atoms with Gasteiger partial charge in [-0.2, -0.15) is 0 Å². The highest BCUT2D eigenvalue weighted by molar-refractivity contribution is 6.09. The molecule has 1 amide bonds. The molecular formula is C20H22N2O4. The van der Waals surface area contributed by atoms with Crippen LogP contribution in [0.25, 0.3) is 0 Å². The molecule has 1 unspecified atom stereocenters. The lowest BCUT2D eigenvalue weighted by Gasteiger charge is -2.35. The molecule has 2 aromatic rings. The number of aliphatic carboxylic acids is 1. The Bertz CT molecular complexity index is 781. The van der Waals surface area contributed by atoms with Gasteiger partial charge in [-0.15, -0.1) is 0 Å². The summed E-state index contributed by atoms with van der Waals surface area (Å²) in [5, 5.41) is 8.91. The number of hydrogen-bond acceptors (Lipinski definition) is 3. The number of amides is 1. The van der Waals surface area contributed by atoms with Gasteiger partial charge in [0.15, 0.2) is 5.78 Å². The van der Waals surface area contributed by atoms with Gasteiger partial charge in [-0.1, -0.05) is 12.1 Å². The molecule has 1 fully saturated rings. The SMILES string of the molecule is O=C(O)CCC1CCCCN1C(=O)c1ccc(C(=O)c2cc[nH]c2)cc1. The van der Waals surface area contributed by atoms with E-state index in [-0.39, 0.29) is 24.2 Å². The second-order valence-electron chi connectivity index (χ2n) is 6.59. The number of ketones is 1. The van der Waals surface area contributed by atoms with Gasteiger partial charge in [-0.05, 0) is 43.9 Å². The van der Waals surface area contributed by atoms with Crippen LogP contribution >= 0.6 is 0 Å². The van der Waals surface area contributed by atoms with E-state index in [4.69, 9.17) is 5.11 Å². The van der Waals surface area contributed by atoms with Crippen molar-refractivity contribution in [3.05, 3.63) is 59.4 Å². The lowest BCUT2D eigenvalue weighted by atomic mass is 9.96. The molecule has 6 heteroatoms. The molecule has 26 heavy (non-hydrogen) atoms. The van der Waals surface area contributed by atoms with Crippen LogP contribution in [0, 0.1) is 0 Å². The molecule has 0 bridgehead atoms. The fourth-order valence-corrected chi connectivity index (χ4v) is 3.42. The monoisotopic (exact) mass is 354 g/mol. The Kier molecular flexibility index (Phi) is 5.51. The predicted octanol–water partition coefficient (Wildman–Crippen LogP) is 3.11. The summed E-state index contributed by atoms with van der Waals surface area (Å²) in [5.74, 6) is -1.03. The van der Waals surface area contributed by atoms with Crippen LogP contribution in [0.15, 0.2) is 42.7 Å². The summed E-state index contributed by atoms with van der Waals surface area (Å²) in [4.78, 5) is 40.7. The fourth-order valence-electron chi connectivity index (χ4n) is 3.42. The smallest absolute Gasteiger partial charge is 0.303 e. The van der Waals surface area contributed by atoms with Crippen LogP contribution in [-0.4, -0.2) is 45.2 Å². The molecule has 2 N–H and O–H groups in total. The maximum absolute atomic E-state index is 12.9. The number of hydrogen-bond donors (Lipinski definition) is 2. The van der Waals surface area contributed by atoms with E-state index in [0.29, 0.717) is 29.7 Å². The minimum absolute atomic E-state index is 0.0338. The number of carboxylic acids is 1. The lowest BCUT2D eigenvalue weighted by Crippen LogP contribution is -2.44. The minimum Gasteiger partial charge on any atom is -0.481 e. The van der Waals surface area contributed by atoms with Crippen molar-refractivity contribution in [1.82, 2.24) is 9.88 Å². The summed E-state index contributed by atoms with van der Waals surface area (Å²) in [6.07, 6.45) is 6.66. The summed E-state index contributed by atoms with van der Waals surface area (Å²) in [6, 6.07) is 8.35. The number of carbonyl (C=O) groups excluding carboxylic acids is 2. The lowest BCUT2D eigenvalue weighted by molar-refractivity contribution is -0.137. The van der Waals surface area contributed by atoms with Gasteiger partial charge in [-0.3, -0.25) is 14.4 Å². The Hall–Kier alpha value is -2.89. The van der Waals surface area contributed by atoms with E-state index in [1.807, 2.05) is 0 Å². The number of H-pyrrole nitrogens is 1. The largest absolute Gasteiger partial charge is 0.481 e. The Morgan fingerprint density at radius 2 is 1.77 bits per heavy atom. The van der Waals surface area contributed by atoms with Gasteiger partial charge >= 0.3 is 5.97 Å². The van der Waals surface area contributed by atoms with Crippen molar-refractivity contribution >= 4 is 17.7 Å². The Labute approximate surface area is 151 Å². The van der Waals surface area contributed by atoms with Gasteiger partial charge in [0.2, 0.25) is 0 Å². The van der Waals surface area contributed by atoms with Crippen LogP contribution in [0.4, 0.5) is 0 Å². The normalized spacial score (nSPS) is 17.1. The van der Waals surface area contributed by atoms with Crippen molar-refractivity contribution in [3.63, 3.8) is 0 Å². The van der Waals surface area contributed by atoms with Gasteiger partial charge in [-0.25, -0.2) is 0 Å². The second kappa shape index (κ2) is 7.99. The number of rotatable bonds is 6. The number of nitrogens with one attached hydrogen (secondary N) is 1. The number of likely N-dealkylation sites (tertiary alicyclic amines) is 1. The van der Waals surface area contributed by atoms with E-state index < -0.39 is 5.97 Å². The standard InChI is InChI=1S/C20H22N2O4/c23-18(24)9-8-17-3-1-2-12-22(17)20(26)15-6-4-14(5-7-15)19(25)16-10-11-21-13-16/h4-7,10-11,13,17,21H,1-3,8-9,12H2,(H,23,24). The molecule has 0 spiro atoms. The molecule has 2 heterocycles. The average Bonchev–Trinajstić information content (AvgIpc) is 3.20. The van der Waals surface area contributed by atoms with E-state index in [1.54, 1.807) is 47.6 Å². The van der Waals surface area contributed by atoms with Crippen molar-refractivity contribution in [2.45, 2.75) is 38.1 Å². The number of aromatic amines is 1. The number of nitrogens with zero attached hydrogens (tertiary/aromatic N) is 1. The maximum Gasteiger partial charge on any atom is 0.303 e. The molecule has 1 atom stereocenters. The number of carboxylic acid groups (broad SMARTS) is 1. The third kappa shape index (κ3) is 4.02. The van der Waals surface area contributed by atoms with Crippen LogP contribution in [0.1, 0.15) is 58.4 Å². The number of piperidine rings is 1. The van der Waals surface area contributed by atoms with E-state index in [1.165, 1.54) is 0 Å². The van der Waals surface area contributed by atoms with Crippen molar-refractivity contribution in [1.29, 1.82) is 0 Å². The number of benzene rings is 1. The first kappa shape index (κ1) is 17.9. The molecule has 1 aliphatic heterocycles. The molecule has 0 aliphatic carbocycles. The van der Waals surface area contributed by atoms with Crippen LogP contribution in [0.2, 0.25) is 0 Å². The first-order valence-electron chi connectivity index (χ1n) is 8.86. The van der Waals surface area contributed by atoms with Crippen LogP contribution in [-0.2, 0) is 4.79 Å². The highest BCUT2D eigenvalue weighted by atomic mass is 16.4. The van der Waals surface area contributed by atoms with Gasteiger partial charge < -0.3 is 15.0 Å². The Morgan fingerprint density at radius 3 is 2.42 bits per heavy atom. The Morgan fingerprint density at radius 1 is 1.04 bits per heavy atom. The Balaban J connectivity index is 1.72. The van der Waals surface area contributed by atoms with Gasteiger partial charge in [0.1, 0.15) is 0 Å². The fraction of sp³-hybridized carbons (Fsp3) is 0.350. The van der Waals surface area contributed by atoms with E-state index >= 15 is 0 Å². The molecule has 6 nitrogen and oxygen atoms in total. The summed E-state index contributed by atoms with van der Waals surface area (Å²) in [6.45, 7) is 0.646. The highest BCUT2D eigenvalue weighted by Crippen LogP contribution is 2.23. The zero-order valence-electron chi connectivity index (χ0n) is 14.5. The predicted molar refractivity (Wildman–Crippen MR) is 96.2 cm³/mol. The number of carbonyl (C=O) groups is 3. The van der Waals surface area contributed by atoms with Gasteiger partial charge in [0, 0.05) is 48.1 Å². The van der Waals surface area contributed by atoms with Crippen LogP contribution in [0.5, 0.6) is 0 Å². The minimum atomic E-state index is -0.837. The summed E-state index contributed by atoms with van der Waals surface area (Å²) in [7, 11) is 0. The summed E-state index contributed by atoms with van der Waals surface area (Å²) < 4.78 is 0. The van der Waals surface area contributed by atoms with Crippen molar-refractivity contribution in [2.75, 3.05) is 6.54 Å². The molecule has 3 rings (SSSR count). The molecule has 1 aromatic carbocycles. The van der Waals surface area contributed by atoms with Crippen molar-refractivity contribution in [2.24, 2.45) is 0 Å². The van der Waals surface area contributed by atoms with Crippen molar-refractivity contribution < 1.29 is 19.5 Å². The van der Waals surface area contributed by atoms with Gasteiger partial charge in [0.05, 0.1) is 0 Å². The first-order chi connectivity index (χ1) is 12.6. The summed E-state index contributed by atoms with van der Waals surface area (Å²) in [5.41, 5.74) is 1.63. The molecular weight excluding hydrogens is 332 g/mol. The average molecular weight is 354 g/mol. The summed E-state index contributed by atoms with van der Waals surface area (Å²) >= 11 is 0. The zero-order chi connectivity index (χ0) is 18.5. The van der Waals surface area contributed by atoms with E-state index in [0.717, 1.165) is 19.3 Å². The molecule has 1 aliphatic rings. The quantitative estimate of drug-likeness (QED) is 0.780. The number of aromatic nitrogens is 1. The van der Waals surface area contributed by atoms with Gasteiger partial charge in [0.25, 0.3) is 5.91 Å². The highest BCUT2D eigenvalue weighted by Gasteiger charge is 2.27. The molecule has 0 saturated carbocycles. The van der Waals surface area contributed by atoms with Crippen LogP contribution < -0.4 is 0 Å². The topological polar surface area (TPSA) is 90.5 Å². The van der Waals surface area contributed by atoms with Crippen molar-refractivity contribution in [3.8, 4) is 0 Å². The third-order valence-electron chi connectivity index (χ3n) is 4.83. The molecule has 1 aromatic heterocycles. The van der Waals surface area contributed by atoms with E-state index in [9.17, 15) is 14.4 Å². The second-order valence-corrected chi connectivity index (χ2v) is 6.59. The third-order valence-corrected chi connectivity index (χ3v) is 4.83. The molecule has 1 saturated heterocycles. The first-order valence-corrected chi connectivity index (χ1v) is 8.86. The van der Waals surface area contributed by atoms with E-state index in [2.05, 4.69) is 4.98 Å². The molecule has 0 radical (unpaired) electrons. The van der Waals surface area contributed by atoms with Crippen LogP contribution in [0.3, 0.4) is 0 Å². The molecule has 136 valence electrons. The zero-order valence-corrected chi connectivity index (χ0v) is 14.5. The maximum atomic E-state index is 12.9.